The number of nitriles is 1. The molecular formula is C21H28ClIN4O2. The summed E-state index contributed by atoms with van der Waals surface area (Å²) in [6.07, 6.45) is 7.10. The van der Waals surface area contributed by atoms with E-state index >= 15 is 0 Å². The smallest absolute Gasteiger partial charge is 0.319 e. The molecule has 1 saturated carbocycles. The maximum Gasteiger partial charge on any atom is 0.319 e. The highest BCUT2D eigenvalue weighted by Gasteiger charge is 2.29. The van der Waals surface area contributed by atoms with Gasteiger partial charge in [0.25, 0.3) is 0 Å². The van der Waals surface area contributed by atoms with E-state index in [2.05, 4.69) is 45.0 Å². The summed E-state index contributed by atoms with van der Waals surface area (Å²) in [5.74, 6) is 0. The van der Waals surface area contributed by atoms with Crippen LogP contribution in [0.15, 0.2) is 12.1 Å². The van der Waals surface area contributed by atoms with Crippen LogP contribution in [0.25, 0.3) is 0 Å². The molecule has 0 atom stereocenters. The molecule has 1 aromatic rings. The van der Waals surface area contributed by atoms with Crippen molar-refractivity contribution in [2.45, 2.75) is 63.6 Å². The van der Waals surface area contributed by atoms with Gasteiger partial charge in [0.2, 0.25) is 0 Å². The zero-order valence-corrected chi connectivity index (χ0v) is 19.6. The molecule has 1 aliphatic carbocycles. The van der Waals surface area contributed by atoms with Crippen LogP contribution in [0, 0.1) is 14.9 Å². The topological polar surface area (TPSA) is 77.4 Å². The van der Waals surface area contributed by atoms with Crippen LogP contribution in [0.3, 0.4) is 0 Å². The zero-order valence-electron chi connectivity index (χ0n) is 16.7. The van der Waals surface area contributed by atoms with E-state index in [1.165, 1.54) is 12.8 Å². The average Bonchev–Trinajstić information content (AvgIpc) is 2.72. The van der Waals surface area contributed by atoms with Crippen molar-refractivity contribution >= 4 is 45.9 Å². The van der Waals surface area contributed by atoms with Gasteiger partial charge in [0, 0.05) is 35.4 Å². The summed E-state index contributed by atoms with van der Waals surface area (Å²) in [6.45, 7) is 4.92. The number of likely N-dealkylation sites (tertiary alicyclic amines) is 1. The summed E-state index contributed by atoms with van der Waals surface area (Å²) in [5.41, 5.74) is 1.03. The minimum atomic E-state index is -0.223. The molecule has 0 spiro atoms. The van der Waals surface area contributed by atoms with Crippen molar-refractivity contribution in [2.75, 3.05) is 25.0 Å². The lowest BCUT2D eigenvalue weighted by Gasteiger charge is -2.40. The fourth-order valence-electron chi connectivity index (χ4n) is 4.29. The van der Waals surface area contributed by atoms with Crippen molar-refractivity contribution in [1.29, 1.82) is 5.26 Å². The maximum absolute atomic E-state index is 12.4. The number of anilines is 1. The SMILES string of the molecule is CCO[C@H]1CC[C@H](N2CCC(NC(=O)Nc3cc(Cl)c(C#N)cc3I)CC2)CC1. The minimum absolute atomic E-state index is 0.178. The van der Waals surface area contributed by atoms with Crippen LogP contribution < -0.4 is 10.6 Å². The predicted octanol–water partition coefficient (Wildman–Crippen LogP) is 4.75. The van der Waals surface area contributed by atoms with E-state index in [1.807, 2.05) is 6.07 Å². The molecule has 8 heteroatoms. The van der Waals surface area contributed by atoms with Gasteiger partial charge in [-0.15, -0.1) is 0 Å². The number of halogens is 2. The average molecular weight is 531 g/mol. The summed E-state index contributed by atoms with van der Waals surface area (Å²) in [4.78, 5) is 15.0. The second kappa shape index (κ2) is 10.8. The highest BCUT2D eigenvalue weighted by atomic mass is 127. The van der Waals surface area contributed by atoms with Gasteiger partial charge in [-0.2, -0.15) is 5.26 Å². The number of carbonyl (C=O) groups excluding carboxylic acids is 1. The van der Waals surface area contributed by atoms with Crippen LogP contribution in [0.4, 0.5) is 10.5 Å². The Morgan fingerprint density at radius 1 is 1.28 bits per heavy atom. The van der Waals surface area contributed by atoms with E-state index in [4.69, 9.17) is 21.6 Å². The van der Waals surface area contributed by atoms with Gasteiger partial charge >= 0.3 is 6.03 Å². The van der Waals surface area contributed by atoms with E-state index in [1.54, 1.807) is 12.1 Å². The summed E-state index contributed by atoms with van der Waals surface area (Å²) in [5, 5.41) is 15.3. The van der Waals surface area contributed by atoms with Gasteiger partial charge in [0.1, 0.15) is 6.07 Å². The van der Waals surface area contributed by atoms with Gasteiger partial charge in [0.15, 0.2) is 0 Å². The number of nitrogens with one attached hydrogen (secondary N) is 2. The number of piperidine rings is 1. The minimum Gasteiger partial charge on any atom is -0.379 e. The molecule has 6 nitrogen and oxygen atoms in total. The van der Waals surface area contributed by atoms with Crippen LogP contribution in [0.2, 0.25) is 5.02 Å². The van der Waals surface area contributed by atoms with Gasteiger partial charge in [-0.3, -0.25) is 0 Å². The van der Waals surface area contributed by atoms with Gasteiger partial charge in [-0.1, -0.05) is 11.6 Å². The Kier molecular flexibility index (Phi) is 8.42. The molecule has 0 bridgehead atoms. The maximum atomic E-state index is 12.4. The third-order valence-corrected chi connectivity index (χ3v) is 7.06. The van der Waals surface area contributed by atoms with Crippen LogP contribution in [0.1, 0.15) is 51.0 Å². The molecule has 2 aliphatic rings. The lowest BCUT2D eigenvalue weighted by atomic mass is 9.90. The zero-order chi connectivity index (χ0) is 20.8. The third kappa shape index (κ3) is 6.20. The molecule has 1 aromatic carbocycles. The number of nitrogens with zero attached hydrogens (tertiary/aromatic N) is 2. The number of amides is 2. The molecule has 0 unspecified atom stereocenters. The van der Waals surface area contributed by atoms with Crippen molar-refractivity contribution in [3.63, 3.8) is 0 Å². The number of benzene rings is 1. The highest BCUT2D eigenvalue weighted by Crippen LogP contribution is 2.28. The van der Waals surface area contributed by atoms with E-state index in [0.29, 0.717) is 28.4 Å². The summed E-state index contributed by atoms with van der Waals surface area (Å²) < 4.78 is 6.55. The Morgan fingerprint density at radius 3 is 2.59 bits per heavy atom. The molecule has 29 heavy (non-hydrogen) atoms. The van der Waals surface area contributed by atoms with Crippen LogP contribution in [0.5, 0.6) is 0 Å². The molecule has 0 aromatic heterocycles. The second-order valence-electron chi connectivity index (χ2n) is 7.72. The molecule has 3 rings (SSSR count). The van der Waals surface area contributed by atoms with Crippen molar-refractivity contribution in [3.8, 4) is 6.07 Å². The summed E-state index contributed by atoms with van der Waals surface area (Å²) in [7, 11) is 0. The first-order chi connectivity index (χ1) is 14.0. The lowest BCUT2D eigenvalue weighted by Crippen LogP contribution is -2.49. The molecule has 158 valence electrons. The first-order valence-electron chi connectivity index (χ1n) is 10.3. The summed E-state index contributed by atoms with van der Waals surface area (Å²) in [6, 6.07) is 5.96. The van der Waals surface area contributed by atoms with E-state index < -0.39 is 0 Å². The highest BCUT2D eigenvalue weighted by molar-refractivity contribution is 14.1. The number of rotatable bonds is 5. The molecule has 2 N–H and O–H groups in total. The Morgan fingerprint density at radius 2 is 1.97 bits per heavy atom. The van der Waals surface area contributed by atoms with E-state index in [0.717, 1.165) is 48.9 Å². The van der Waals surface area contributed by atoms with Crippen LogP contribution in [-0.2, 0) is 4.74 Å². The molecule has 1 saturated heterocycles. The molecule has 0 radical (unpaired) electrons. The number of hydrogen-bond donors (Lipinski definition) is 2. The standard InChI is InChI=1S/C21H28ClIN4O2/c1-2-29-17-5-3-16(4-6-17)27-9-7-15(8-10-27)25-21(28)26-20-12-18(22)14(13-24)11-19(20)23/h11-12,15-17H,2-10H2,1H3,(H2,25,26,28)/t16-,17-. The van der Waals surface area contributed by atoms with Gasteiger partial charge in [0.05, 0.1) is 22.4 Å². The number of urea groups is 1. The van der Waals surface area contributed by atoms with Crippen molar-refractivity contribution in [3.05, 3.63) is 26.3 Å². The Balaban J connectivity index is 1.43. The number of carbonyl (C=O) groups is 1. The predicted molar refractivity (Wildman–Crippen MR) is 123 cm³/mol. The number of hydrogen-bond acceptors (Lipinski definition) is 4. The molecule has 2 amide bonds. The third-order valence-electron chi connectivity index (χ3n) is 5.85. The Hall–Kier alpha value is -1.08. The molecule has 1 heterocycles. The van der Waals surface area contributed by atoms with Gasteiger partial charge in [-0.25, -0.2) is 4.79 Å². The fourth-order valence-corrected chi connectivity index (χ4v) is 5.10. The van der Waals surface area contributed by atoms with Crippen molar-refractivity contribution in [1.82, 2.24) is 10.2 Å². The van der Waals surface area contributed by atoms with Crippen LogP contribution >= 0.6 is 34.2 Å². The first-order valence-corrected chi connectivity index (χ1v) is 11.8. The fraction of sp³-hybridized carbons (Fsp3) is 0.619. The largest absolute Gasteiger partial charge is 0.379 e. The van der Waals surface area contributed by atoms with E-state index in [9.17, 15) is 4.79 Å². The molecular weight excluding hydrogens is 503 g/mol. The van der Waals surface area contributed by atoms with Crippen molar-refractivity contribution < 1.29 is 9.53 Å². The Labute approximate surface area is 191 Å². The van der Waals surface area contributed by atoms with Gasteiger partial charge < -0.3 is 20.3 Å². The first kappa shape index (κ1) is 22.6. The number of ether oxygens (including phenoxy) is 1. The summed E-state index contributed by atoms with van der Waals surface area (Å²) >= 11 is 8.18. The monoisotopic (exact) mass is 530 g/mol. The normalized spacial score (nSPS) is 23.4. The quantitative estimate of drug-likeness (QED) is 0.539. The molecule has 2 fully saturated rings. The van der Waals surface area contributed by atoms with E-state index in [-0.39, 0.29) is 12.1 Å². The molecule has 1 aliphatic heterocycles. The van der Waals surface area contributed by atoms with Gasteiger partial charge in [-0.05, 0) is 80.2 Å². The second-order valence-corrected chi connectivity index (χ2v) is 9.29. The van der Waals surface area contributed by atoms with Crippen LogP contribution in [-0.4, -0.2) is 48.8 Å². The van der Waals surface area contributed by atoms with Crippen molar-refractivity contribution in [2.24, 2.45) is 0 Å². The Bertz CT molecular complexity index is 754. The lowest BCUT2D eigenvalue weighted by molar-refractivity contribution is 0.00911.